The average Bonchev–Trinajstić information content (AvgIpc) is 2.66. The minimum absolute atomic E-state index is 0.236. The predicted octanol–water partition coefficient (Wildman–Crippen LogP) is 2.11. The molecule has 2 amide bonds. The highest BCUT2D eigenvalue weighted by Gasteiger charge is 2.17. The number of esters is 1. The largest absolute Gasteiger partial charge is 0.463 e. The van der Waals surface area contributed by atoms with Crippen LogP contribution in [-0.4, -0.2) is 62.4 Å². The van der Waals surface area contributed by atoms with Crippen molar-refractivity contribution < 1.29 is 19.1 Å². The maximum atomic E-state index is 12.0. The zero-order chi connectivity index (χ0) is 18.8. The third kappa shape index (κ3) is 6.85. The lowest BCUT2D eigenvalue weighted by molar-refractivity contribution is -0.137. The minimum atomic E-state index is -0.372. The van der Waals surface area contributed by atoms with Gasteiger partial charge < -0.3 is 20.1 Å². The van der Waals surface area contributed by atoms with E-state index in [0.717, 1.165) is 31.9 Å². The Morgan fingerprint density at radius 1 is 1.27 bits per heavy atom. The first-order valence-electron chi connectivity index (χ1n) is 8.90. The van der Waals surface area contributed by atoms with E-state index in [1.165, 1.54) is 6.08 Å². The van der Waals surface area contributed by atoms with Crippen LogP contribution in [0.15, 0.2) is 30.3 Å². The maximum absolute atomic E-state index is 12.0. The third-order valence-corrected chi connectivity index (χ3v) is 4.09. The molecule has 1 heterocycles. The van der Waals surface area contributed by atoms with Crippen molar-refractivity contribution in [3.8, 4) is 0 Å². The Balaban J connectivity index is 1.75. The molecule has 0 spiro atoms. The van der Waals surface area contributed by atoms with Gasteiger partial charge in [-0.3, -0.25) is 4.90 Å². The van der Waals surface area contributed by atoms with Crippen molar-refractivity contribution in [2.45, 2.75) is 19.9 Å². The van der Waals surface area contributed by atoms with Gasteiger partial charge in [0.1, 0.15) is 0 Å². The highest BCUT2D eigenvalue weighted by molar-refractivity contribution is 5.90. The Kier molecular flexibility index (Phi) is 8.11. The van der Waals surface area contributed by atoms with Crippen LogP contribution < -0.4 is 10.6 Å². The maximum Gasteiger partial charge on any atom is 0.330 e. The number of carbonyl (C=O) groups excluding carboxylic acids is 2. The van der Waals surface area contributed by atoms with E-state index in [0.29, 0.717) is 18.8 Å². The molecule has 1 unspecified atom stereocenters. The molecule has 0 aromatic heterocycles. The van der Waals surface area contributed by atoms with Crippen molar-refractivity contribution >= 4 is 23.8 Å². The van der Waals surface area contributed by atoms with E-state index in [1.54, 1.807) is 25.1 Å². The van der Waals surface area contributed by atoms with Crippen LogP contribution in [0, 0.1) is 0 Å². The summed E-state index contributed by atoms with van der Waals surface area (Å²) < 4.78 is 10.2. The number of carbonyl (C=O) groups is 2. The molecule has 0 saturated carbocycles. The fourth-order valence-corrected chi connectivity index (χ4v) is 2.60. The summed E-state index contributed by atoms with van der Waals surface area (Å²) in [6, 6.07) is 7.25. The number of rotatable bonds is 7. The Morgan fingerprint density at radius 3 is 2.62 bits per heavy atom. The second-order valence-corrected chi connectivity index (χ2v) is 6.04. The molecule has 1 fully saturated rings. The molecule has 7 heteroatoms. The number of morpholine rings is 1. The second kappa shape index (κ2) is 10.6. The molecule has 1 aliphatic rings. The third-order valence-electron chi connectivity index (χ3n) is 4.09. The zero-order valence-electron chi connectivity index (χ0n) is 15.4. The average molecular weight is 361 g/mol. The summed E-state index contributed by atoms with van der Waals surface area (Å²) in [5, 5.41) is 5.69. The van der Waals surface area contributed by atoms with Gasteiger partial charge in [-0.2, -0.15) is 0 Å². The van der Waals surface area contributed by atoms with Gasteiger partial charge >= 0.3 is 12.0 Å². The Labute approximate surface area is 154 Å². The van der Waals surface area contributed by atoms with Crippen LogP contribution in [0.5, 0.6) is 0 Å². The van der Waals surface area contributed by atoms with E-state index in [-0.39, 0.29) is 18.0 Å². The fourth-order valence-electron chi connectivity index (χ4n) is 2.60. The Morgan fingerprint density at radius 2 is 1.96 bits per heavy atom. The number of ether oxygens (including phenoxy) is 2. The standard InChI is InChI=1S/C19H27N3O4/c1-3-26-18(23)9-6-16-4-7-17(8-5-16)21-19(24)20-14-15(2)22-10-12-25-13-11-22/h4-9,15H,3,10-14H2,1-2H3,(H2,20,21,24). The van der Waals surface area contributed by atoms with Crippen molar-refractivity contribution in [1.29, 1.82) is 0 Å². The first-order valence-corrected chi connectivity index (χ1v) is 8.90. The molecular weight excluding hydrogens is 334 g/mol. The van der Waals surface area contributed by atoms with Gasteiger partial charge in [0.2, 0.25) is 0 Å². The molecule has 1 aromatic rings. The molecule has 0 radical (unpaired) electrons. The predicted molar refractivity (Wildman–Crippen MR) is 101 cm³/mol. The number of hydrogen-bond acceptors (Lipinski definition) is 5. The van der Waals surface area contributed by atoms with Gasteiger partial charge in [0.15, 0.2) is 0 Å². The van der Waals surface area contributed by atoms with Crippen molar-refractivity contribution in [3.05, 3.63) is 35.9 Å². The number of hydrogen-bond donors (Lipinski definition) is 2. The van der Waals surface area contributed by atoms with E-state index < -0.39 is 0 Å². The molecule has 0 bridgehead atoms. The molecule has 1 aliphatic heterocycles. The van der Waals surface area contributed by atoms with Crippen molar-refractivity contribution in [1.82, 2.24) is 10.2 Å². The van der Waals surface area contributed by atoms with Gasteiger partial charge in [-0.1, -0.05) is 12.1 Å². The highest BCUT2D eigenvalue weighted by atomic mass is 16.5. The molecule has 7 nitrogen and oxygen atoms in total. The van der Waals surface area contributed by atoms with Crippen LogP contribution in [-0.2, 0) is 14.3 Å². The lowest BCUT2D eigenvalue weighted by Gasteiger charge is -2.32. The van der Waals surface area contributed by atoms with Crippen LogP contribution in [0.3, 0.4) is 0 Å². The van der Waals surface area contributed by atoms with Crippen LogP contribution in [0.2, 0.25) is 0 Å². The van der Waals surface area contributed by atoms with Gasteiger partial charge in [-0.05, 0) is 37.6 Å². The number of nitrogens with one attached hydrogen (secondary N) is 2. The molecule has 0 aliphatic carbocycles. The van der Waals surface area contributed by atoms with Crippen LogP contribution in [0.1, 0.15) is 19.4 Å². The van der Waals surface area contributed by atoms with E-state index >= 15 is 0 Å². The number of amides is 2. The summed E-state index contributed by atoms with van der Waals surface area (Å²) in [6.45, 7) is 8.06. The smallest absolute Gasteiger partial charge is 0.330 e. The molecule has 2 N–H and O–H groups in total. The van der Waals surface area contributed by atoms with E-state index in [1.807, 2.05) is 12.1 Å². The minimum Gasteiger partial charge on any atom is -0.463 e. The number of urea groups is 1. The van der Waals surface area contributed by atoms with Gasteiger partial charge in [0.05, 0.1) is 19.8 Å². The molecule has 142 valence electrons. The lowest BCUT2D eigenvalue weighted by atomic mass is 10.2. The quantitative estimate of drug-likeness (QED) is 0.574. The summed E-state index contributed by atoms with van der Waals surface area (Å²) in [5.41, 5.74) is 1.54. The zero-order valence-corrected chi connectivity index (χ0v) is 15.4. The normalized spacial score (nSPS) is 16.2. The summed E-state index contributed by atoms with van der Waals surface area (Å²) in [4.78, 5) is 25.6. The summed E-state index contributed by atoms with van der Waals surface area (Å²) in [6.07, 6.45) is 3.05. The van der Waals surface area contributed by atoms with Crippen LogP contribution >= 0.6 is 0 Å². The van der Waals surface area contributed by atoms with Gasteiger partial charge in [-0.25, -0.2) is 9.59 Å². The molecule has 2 rings (SSSR count). The summed E-state index contributed by atoms with van der Waals surface area (Å²) in [5.74, 6) is -0.372. The SMILES string of the molecule is CCOC(=O)C=Cc1ccc(NC(=O)NCC(C)N2CCOCC2)cc1. The number of anilines is 1. The van der Waals surface area contributed by atoms with Crippen molar-refractivity contribution in [3.63, 3.8) is 0 Å². The first kappa shape index (κ1) is 19.9. The molecule has 1 aromatic carbocycles. The van der Waals surface area contributed by atoms with Gasteiger partial charge in [0, 0.05) is 37.4 Å². The number of benzene rings is 1. The number of nitrogens with zero attached hydrogens (tertiary/aromatic N) is 1. The topological polar surface area (TPSA) is 79.9 Å². The van der Waals surface area contributed by atoms with E-state index in [2.05, 4.69) is 22.5 Å². The fraction of sp³-hybridized carbons (Fsp3) is 0.474. The van der Waals surface area contributed by atoms with Crippen molar-refractivity contribution in [2.75, 3.05) is 44.8 Å². The van der Waals surface area contributed by atoms with Crippen molar-refractivity contribution in [2.24, 2.45) is 0 Å². The second-order valence-electron chi connectivity index (χ2n) is 6.04. The molecule has 1 saturated heterocycles. The Bertz CT molecular complexity index is 610. The van der Waals surface area contributed by atoms with Crippen LogP contribution in [0.4, 0.5) is 10.5 Å². The highest BCUT2D eigenvalue weighted by Crippen LogP contribution is 2.11. The van der Waals surface area contributed by atoms with E-state index in [9.17, 15) is 9.59 Å². The monoisotopic (exact) mass is 361 g/mol. The van der Waals surface area contributed by atoms with Gasteiger partial charge in [-0.15, -0.1) is 0 Å². The molecular formula is C19H27N3O4. The molecule has 26 heavy (non-hydrogen) atoms. The summed E-state index contributed by atoms with van der Waals surface area (Å²) in [7, 11) is 0. The van der Waals surface area contributed by atoms with Gasteiger partial charge in [0.25, 0.3) is 0 Å². The first-order chi connectivity index (χ1) is 12.6. The molecule has 1 atom stereocenters. The summed E-state index contributed by atoms with van der Waals surface area (Å²) >= 11 is 0. The lowest BCUT2D eigenvalue weighted by Crippen LogP contribution is -2.47. The van der Waals surface area contributed by atoms with Crippen LogP contribution in [0.25, 0.3) is 6.08 Å². The Hall–Kier alpha value is -2.38. The van der Waals surface area contributed by atoms with E-state index in [4.69, 9.17) is 9.47 Å².